The van der Waals surface area contributed by atoms with Crippen LogP contribution in [0.1, 0.15) is 28.3 Å². The lowest BCUT2D eigenvalue weighted by Gasteiger charge is -2.20. The van der Waals surface area contributed by atoms with Crippen LogP contribution in [-0.4, -0.2) is 14.2 Å². The molecule has 106 valence electrons. The third-order valence-corrected chi connectivity index (χ3v) is 3.54. The summed E-state index contributed by atoms with van der Waals surface area (Å²) in [7, 11) is 3.38. The van der Waals surface area contributed by atoms with Crippen LogP contribution in [0.4, 0.5) is 4.39 Å². The molecule has 2 aromatic rings. The van der Waals surface area contributed by atoms with Gasteiger partial charge in [0.25, 0.3) is 0 Å². The van der Waals surface area contributed by atoms with E-state index < -0.39 is 0 Å². The molecule has 2 nitrogen and oxygen atoms in total. The van der Waals surface area contributed by atoms with Crippen molar-refractivity contribution < 1.29 is 9.13 Å². The van der Waals surface area contributed by atoms with Crippen molar-refractivity contribution in [3.63, 3.8) is 0 Å². The van der Waals surface area contributed by atoms with Crippen LogP contribution in [0.2, 0.25) is 0 Å². The zero-order valence-electron chi connectivity index (χ0n) is 12.3. The Labute approximate surface area is 119 Å². The molecular weight excluding hydrogens is 253 g/mol. The van der Waals surface area contributed by atoms with Crippen LogP contribution in [0, 0.1) is 19.7 Å². The number of hydrogen-bond acceptors (Lipinski definition) is 2. The third kappa shape index (κ3) is 2.83. The second-order valence-electron chi connectivity index (χ2n) is 4.97. The van der Waals surface area contributed by atoms with Crippen molar-refractivity contribution in [2.75, 3.05) is 14.2 Å². The van der Waals surface area contributed by atoms with Gasteiger partial charge in [0.05, 0.1) is 13.2 Å². The maximum Gasteiger partial charge on any atom is 0.132 e. The molecule has 0 bridgehead atoms. The van der Waals surface area contributed by atoms with Gasteiger partial charge in [-0.25, -0.2) is 4.39 Å². The van der Waals surface area contributed by atoms with Gasteiger partial charge in [0.15, 0.2) is 0 Å². The summed E-state index contributed by atoms with van der Waals surface area (Å²) in [4.78, 5) is 0. The highest BCUT2D eigenvalue weighted by atomic mass is 19.1. The van der Waals surface area contributed by atoms with Crippen molar-refractivity contribution in [2.45, 2.75) is 19.9 Å². The average molecular weight is 273 g/mol. The molecule has 2 aromatic carbocycles. The minimum Gasteiger partial charge on any atom is -0.497 e. The van der Waals surface area contributed by atoms with Gasteiger partial charge in [-0.05, 0) is 38.1 Å². The van der Waals surface area contributed by atoms with Crippen LogP contribution in [-0.2, 0) is 0 Å². The van der Waals surface area contributed by atoms with Gasteiger partial charge in [-0.1, -0.05) is 29.8 Å². The molecule has 0 heterocycles. The highest BCUT2D eigenvalue weighted by molar-refractivity contribution is 5.41. The van der Waals surface area contributed by atoms with Crippen LogP contribution < -0.4 is 10.1 Å². The molecule has 2 rings (SSSR count). The molecule has 3 heteroatoms. The van der Waals surface area contributed by atoms with E-state index in [1.165, 1.54) is 18.7 Å². The zero-order valence-corrected chi connectivity index (χ0v) is 12.3. The van der Waals surface area contributed by atoms with Crippen LogP contribution in [0.25, 0.3) is 0 Å². The lowest BCUT2D eigenvalue weighted by atomic mass is 9.93. The number of nitrogens with one attached hydrogen (secondary N) is 1. The number of methoxy groups -OCH3 is 1. The number of hydrogen-bond donors (Lipinski definition) is 1. The molecule has 0 aliphatic carbocycles. The van der Waals surface area contributed by atoms with E-state index in [2.05, 4.69) is 24.4 Å². The van der Waals surface area contributed by atoms with Crippen molar-refractivity contribution in [3.05, 3.63) is 64.5 Å². The van der Waals surface area contributed by atoms with E-state index in [-0.39, 0.29) is 11.9 Å². The molecule has 0 aliphatic rings. The molecule has 0 aliphatic heterocycles. The topological polar surface area (TPSA) is 21.3 Å². The van der Waals surface area contributed by atoms with E-state index in [1.807, 2.05) is 20.0 Å². The Kier molecular flexibility index (Phi) is 4.40. The Bertz CT molecular complexity index is 610. The van der Waals surface area contributed by atoms with Crippen molar-refractivity contribution in [3.8, 4) is 5.75 Å². The monoisotopic (exact) mass is 273 g/mol. The fourth-order valence-corrected chi connectivity index (χ4v) is 2.50. The molecule has 0 amide bonds. The minimum atomic E-state index is -0.260. The number of aryl methyl sites for hydroxylation is 2. The van der Waals surface area contributed by atoms with Gasteiger partial charge in [0.1, 0.15) is 11.6 Å². The smallest absolute Gasteiger partial charge is 0.132 e. The van der Waals surface area contributed by atoms with Crippen molar-refractivity contribution >= 4 is 0 Å². The third-order valence-electron chi connectivity index (χ3n) is 3.54. The van der Waals surface area contributed by atoms with Gasteiger partial charge >= 0.3 is 0 Å². The minimum absolute atomic E-state index is 0.165. The summed E-state index contributed by atoms with van der Waals surface area (Å²) in [6.07, 6.45) is 0. The van der Waals surface area contributed by atoms with Crippen LogP contribution in [0.5, 0.6) is 5.75 Å². The summed E-state index contributed by atoms with van der Waals surface area (Å²) in [6.45, 7) is 4.10. The number of ether oxygens (including phenoxy) is 1. The van der Waals surface area contributed by atoms with Crippen LogP contribution in [0.15, 0.2) is 36.4 Å². The van der Waals surface area contributed by atoms with E-state index in [9.17, 15) is 4.39 Å². The van der Waals surface area contributed by atoms with Gasteiger partial charge in [-0.3, -0.25) is 0 Å². The fraction of sp³-hybridized carbons (Fsp3) is 0.294. The average Bonchev–Trinajstić information content (AvgIpc) is 2.43. The Morgan fingerprint density at radius 2 is 1.75 bits per heavy atom. The lowest BCUT2D eigenvalue weighted by molar-refractivity contribution is 0.410. The van der Waals surface area contributed by atoms with E-state index in [0.29, 0.717) is 11.3 Å². The van der Waals surface area contributed by atoms with Gasteiger partial charge in [0.2, 0.25) is 0 Å². The Morgan fingerprint density at radius 1 is 1.05 bits per heavy atom. The predicted octanol–water partition coefficient (Wildman–Crippen LogP) is 3.76. The quantitative estimate of drug-likeness (QED) is 0.915. The van der Waals surface area contributed by atoms with Gasteiger partial charge < -0.3 is 10.1 Å². The highest BCUT2D eigenvalue weighted by Gasteiger charge is 2.18. The molecule has 0 aromatic heterocycles. The van der Waals surface area contributed by atoms with Crippen molar-refractivity contribution in [1.29, 1.82) is 0 Å². The first-order valence-corrected chi connectivity index (χ1v) is 6.64. The van der Waals surface area contributed by atoms with Gasteiger partial charge in [-0.15, -0.1) is 0 Å². The number of benzene rings is 2. The second kappa shape index (κ2) is 6.06. The summed E-state index contributed by atoms with van der Waals surface area (Å²) < 4.78 is 19.3. The summed E-state index contributed by atoms with van der Waals surface area (Å²) in [5.74, 6) is 0.269. The van der Waals surface area contributed by atoms with Crippen LogP contribution in [0.3, 0.4) is 0 Å². The maximum absolute atomic E-state index is 14.3. The van der Waals surface area contributed by atoms with E-state index in [4.69, 9.17) is 4.74 Å². The standard InChI is InChI=1S/C17H20FNO/c1-11-5-7-14(12(2)9-11)17(19-3)15-8-6-13(20-4)10-16(15)18/h5-10,17,19H,1-4H3. The molecule has 0 saturated heterocycles. The SMILES string of the molecule is CNC(c1ccc(C)cc1C)c1ccc(OC)cc1F. The molecule has 0 spiro atoms. The maximum atomic E-state index is 14.3. The summed E-state index contributed by atoms with van der Waals surface area (Å²) in [5, 5.41) is 3.19. The Hall–Kier alpha value is -1.87. The molecular formula is C17H20FNO. The van der Waals surface area contributed by atoms with Crippen molar-refractivity contribution in [1.82, 2.24) is 5.32 Å². The molecule has 0 fully saturated rings. The van der Waals surface area contributed by atoms with Gasteiger partial charge in [0, 0.05) is 11.6 Å². The Morgan fingerprint density at radius 3 is 2.30 bits per heavy atom. The van der Waals surface area contributed by atoms with Crippen molar-refractivity contribution in [2.24, 2.45) is 0 Å². The zero-order chi connectivity index (χ0) is 14.7. The van der Waals surface area contributed by atoms with E-state index in [1.54, 1.807) is 12.1 Å². The first-order chi connectivity index (χ1) is 9.56. The Balaban J connectivity index is 2.47. The molecule has 1 unspecified atom stereocenters. The van der Waals surface area contributed by atoms with E-state index in [0.717, 1.165) is 11.1 Å². The largest absolute Gasteiger partial charge is 0.497 e. The first-order valence-electron chi connectivity index (χ1n) is 6.64. The van der Waals surface area contributed by atoms with E-state index >= 15 is 0 Å². The molecule has 1 N–H and O–H groups in total. The molecule has 0 saturated carbocycles. The second-order valence-corrected chi connectivity index (χ2v) is 4.97. The summed E-state index contributed by atoms with van der Waals surface area (Å²) in [5.41, 5.74) is 4.07. The number of halogens is 1. The van der Waals surface area contributed by atoms with Crippen LogP contribution >= 0.6 is 0 Å². The number of rotatable bonds is 4. The summed E-state index contributed by atoms with van der Waals surface area (Å²) >= 11 is 0. The predicted molar refractivity (Wildman–Crippen MR) is 79.8 cm³/mol. The molecule has 1 atom stereocenters. The normalized spacial score (nSPS) is 12.2. The highest BCUT2D eigenvalue weighted by Crippen LogP contribution is 2.29. The molecule has 20 heavy (non-hydrogen) atoms. The fourth-order valence-electron chi connectivity index (χ4n) is 2.50. The first kappa shape index (κ1) is 14.5. The van der Waals surface area contributed by atoms with Gasteiger partial charge in [-0.2, -0.15) is 0 Å². The lowest BCUT2D eigenvalue weighted by Crippen LogP contribution is -2.20. The summed E-state index contributed by atoms with van der Waals surface area (Å²) in [6, 6.07) is 11.0. The molecule has 0 radical (unpaired) electrons.